The van der Waals surface area contributed by atoms with E-state index >= 15 is 0 Å². The van der Waals surface area contributed by atoms with Gasteiger partial charge in [-0.3, -0.25) is 4.79 Å². The lowest BCUT2D eigenvalue weighted by molar-refractivity contribution is -0.261. The van der Waals surface area contributed by atoms with Crippen LogP contribution in [-0.2, 0) is 14.3 Å². The zero-order chi connectivity index (χ0) is 11.8. The number of hydrogen-bond donors (Lipinski definition) is 0. The molecular formula is C12H16O4. The first-order chi connectivity index (χ1) is 7.54. The molecule has 88 valence electrons. The summed E-state index contributed by atoms with van der Waals surface area (Å²) in [6.07, 6.45) is 1.55. The first kappa shape index (κ1) is 11.2. The Kier molecular flexibility index (Phi) is 2.76. The molecule has 0 amide bonds. The zero-order valence-electron chi connectivity index (χ0n) is 9.73. The maximum atomic E-state index is 10.8. The Morgan fingerprint density at radius 2 is 2.38 bits per heavy atom. The number of esters is 1. The van der Waals surface area contributed by atoms with E-state index in [0.717, 1.165) is 5.76 Å². The van der Waals surface area contributed by atoms with Crippen molar-refractivity contribution in [3.05, 3.63) is 24.2 Å². The smallest absolute Gasteiger partial charge is 0.302 e. The van der Waals surface area contributed by atoms with Crippen LogP contribution in [0.25, 0.3) is 0 Å². The van der Waals surface area contributed by atoms with Crippen LogP contribution in [0.2, 0.25) is 0 Å². The van der Waals surface area contributed by atoms with Crippen molar-refractivity contribution in [1.82, 2.24) is 0 Å². The number of carbonyl (C=O) groups is 1. The topological polar surface area (TPSA) is 48.7 Å². The Bertz CT molecular complexity index is 370. The molecule has 4 nitrogen and oxygen atoms in total. The minimum absolute atomic E-state index is 0.0574. The number of hydrogen-bond acceptors (Lipinski definition) is 4. The Hall–Kier alpha value is -1.29. The van der Waals surface area contributed by atoms with Gasteiger partial charge in [-0.05, 0) is 19.1 Å². The number of carbonyl (C=O) groups excluding carboxylic acids is 1. The molecule has 4 heteroatoms. The van der Waals surface area contributed by atoms with Gasteiger partial charge >= 0.3 is 5.97 Å². The molecule has 1 aromatic rings. The van der Waals surface area contributed by atoms with Crippen molar-refractivity contribution < 1.29 is 18.7 Å². The molecular weight excluding hydrogens is 208 g/mol. The van der Waals surface area contributed by atoms with Crippen LogP contribution in [0.4, 0.5) is 0 Å². The molecule has 3 atom stereocenters. The standard InChI is InChI=1S/C12H16O4/c1-8-12(3,7-15-9(2)13)11(16-8)10-5-4-6-14-10/h4-6,8,11H,7H2,1-3H3. The fraction of sp³-hybridized carbons (Fsp3) is 0.583. The fourth-order valence-corrected chi connectivity index (χ4v) is 1.94. The molecule has 16 heavy (non-hydrogen) atoms. The summed E-state index contributed by atoms with van der Waals surface area (Å²) in [7, 11) is 0. The summed E-state index contributed by atoms with van der Waals surface area (Å²) in [6.45, 7) is 5.78. The van der Waals surface area contributed by atoms with E-state index in [9.17, 15) is 4.79 Å². The average molecular weight is 224 g/mol. The van der Waals surface area contributed by atoms with Gasteiger partial charge in [-0.15, -0.1) is 0 Å². The molecule has 0 radical (unpaired) electrons. The van der Waals surface area contributed by atoms with Crippen LogP contribution in [0.15, 0.2) is 22.8 Å². The first-order valence-electron chi connectivity index (χ1n) is 5.36. The molecule has 0 bridgehead atoms. The quantitative estimate of drug-likeness (QED) is 0.739. The van der Waals surface area contributed by atoms with Gasteiger partial charge in [-0.25, -0.2) is 0 Å². The summed E-state index contributed by atoms with van der Waals surface area (Å²) >= 11 is 0. The van der Waals surface area contributed by atoms with Crippen molar-refractivity contribution in [2.24, 2.45) is 5.41 Å². The highest BCUT2D eigenvalue weighted by molar-refractivity contribution is 5.65. The lowest BCUT2D eigenvalue weighted by Gasteiger charge is -2.50. The third kappa shape index (κ3) is 1.73. The summed E-state index contributed by atoms with van der Waals surface area (Å²) in [6, 6.07) is 3.70. The van der Waals surface area contributed by atoms with Gasteiger partial charge in [0, 0.05) is 6.92 Å². The molecule has 0 saturated carbocycles. The van der Waals surface area contributed by atoms with Crippen LogP contribution >= 0.6 is 0 Å². The second-order valence-corrected chi connectivity index (χ2v) is 4.46. The van der Waals surface area contributed by atoms with Crippen LogP contribution in [0.3, 0.4) is 0 Å². The summed E-state index contributed by atoms with van der Waals surface area (Å²) in [5.74, 6) is 0.520. The van der Waals surface area contributed by atoms with E-state index in [1.165, 1.54) is 6.92 Å². The SMILES string of the molecule is CC(=O)OCC1(C)C(C)OC1c1ccco1. The maximum Gasteiger partial charge on any atom is 0.302 e. The number of furan rings is 1. The summed E-state index contributed by atoms with van der Waals surface area (Å²) in [5, 5.41) is 0. The molecule has 0 spiro atoms. The minimum atomic E-state index is -0.265. The third-order valence-corrected chi connectivity index (χ3v) is 3.26. The molecule has 2 rings (SSSR count). The molecule has 1 aliphatic heterocycles. The van der Waals surface area contributed by atoms with Gasteiger partial charge in [-0.2, -0.15) is 0 Å². The van der Waals surface area contributed by atoms with Crippen molar-refractivity contribution in [3.63, 3.8) is 0 Å². The van der Waals surface area contributed by atoms with Crippen molar-refractivity contribution in [2.75, 3.05) is 6.61 Å². The van der Waals surface area contributed by atoms with Gasteiger partial charge in [0.2, 0.25) is 0 Å². The highest BCUT2D eigenvalue weighted by Crippen LogP contribution is 2.51. The predicted octanol–water partition coefficient (Wildman–Crippen LogP) is 2.31. The van der Waals surface area contributed by atoms with Crippen LogP contribution in [0, 0.1) is 5.41 Å². The van der Waals surface area contributed by atoms with E-state index < -0.39 is 0 Å². The van der Waals surface area contributed by atoms with E-state index in [1.54, 1.807) is 6.26 Å². The molecule has 3 unspecified atom stereocenters. The monoisotopic (exact) mass is 224 g/mol. The number of ether oxygens (including phenoxy) is 2. The Morgan fingerprint density at radius 3 is 2.88 bits per heavy atom. The van der Waals surface area contributed by atoms with Crippen molar-refractivity contribution in [1.29, 1.82) is 0 Å². The van der Waals surface area contributed by atoms with Gasteiger partial charge in [0.05, 0.1) is 17.8 Å². The second kappa shape index (κ2) is 3.94. The Morgan fingerprint density at radius 1 is 1.62 bits per heavy atom. The zero-order valence-corrected chi connectivity index (χ0v) is 9.73. The lowest BCUT2D eigenvalue weighted by atomic mass is 9.73. The average Bonchev–Trinajstić information content (AvgIpc) is 2.75. The van der Waals surface area contributed by atoms with Gasteiger partial charge in [0.1, 0.15) is 18.5 Å². The largest absolute Gasteiger partial charge is 0.467 e. The maximum absolute atomic E-state index is 10.8. The molecule has 0 aliphatic carbocycles. The van der Waals surface area contributed by atoms with Gasteiger partial charge in [0.25, 0.3) is 0 Å². The van der Waals surface area contributed by atoms with E-state index in [2.05, 4.69) is 0 Å². The van der Waals surface area contributed by atoms with Crippen LogP contribution < -0.4 is 0 Å². The molecule has 0 aromatic carbocycles. The summed E-state index contributed by atoms with van der Waals surface area (Å²) in [4.78, 5) is 10.8. The van der Waals surface area contributed by atoms with Crippen LogP contribution in [0.5, 0.6) is 0 Å². The lowest BCUT2D eigenvalue weighted by Crippen LogP contribution is -2.53. The third-order valence-electron chi connectivity index (χ3n) is 3.26. The molecule has 1 aliphatic rings. The van der Waals surface area contributed by atoms with E-state index in [4.69, 9.17) is 13.9 Å². The van der Waals surface area contributed by atoms with Gasteiger partial charge in [0.15, 0.2) is 0 Å². The fourth-order valence-electron chi connectivity index (χ4n) is 1.94. The molecule has 1 aromatic heterocycles. The van der Waals surface area contributed by atoms with Crippen molar-refractivity contribution in [3.8, 4) is 0 Å². The highest BCUT2D eigenvalue weighted by Gasteiger charge is 2.53. The molecule has 1 fully saturated rings. The molecule has 2 heterocycles. The van der Waals surface area contributed by atoms with Gasteiger partial charge in [-0.1, -0.05) is 6.92 Å². The van der Waals surface area contributed by atoms with Crippen molar-refractivity contribution in [2.45, 2.75) is 33.0 Å². The predicted molar refractivity (Wildman–Crippen MR) is 56.7 cm³/mol. The highest BCUT2D eigenvalue weighted by atomic mass is 16.6. The van der Waals surface area contributed by atoms with E-state index in [0.29, 0.717) is 6.61 Å². The van der Waals surface area contributed by atoms with E-state index in [-0.39, 0.29) is 23.6 Å². The molecule has 0 N–H and O–H groups in total. The minimum Gasteiger partial charge on any atom is -0.467 e. The van der Waals surface area contributed by atoms with Crippen LogP contribution in [-0.4, -0.2) is 18.7 Å². The Balaban J connectivity index is 2.08. The number of rotatable bonds is 3. The summed E-state index contributed by atoms with van der Waals surface area (Å²) in [5.41, 5.74) is -0.205. The van der Waals surface area contributed by atoms with Crippen molar-refractivity contribution >= 4 is 5.97 Å². The second-order valence-electron chi connectivity index (χ2n) is 4.46. The Labute approximate surface area is 94.5 Å². The normalized spacial score (nSPS) is 33.2. The van der Waals surface area contributed by atoms with Gasteiger partial charge < -0.3 is 13.9 Å². The molecule has 1 saturated heterocycles. The first-order valence-corrected chi connectivity index (χ1v) is 5.36. The summed E-state index contributed by atoms with van der Waals surface area (Å²) < 4.78 is 16.1. The van der Waals surface area contributed by atoms with Crippen LogP contribution in [0.1, 0.15) is 32.6 Å². The van der Waals surface area contributed by atoms with E-state index in [1.807, 2.05) is 26.0 Å².